The van der Waals surface area contributed by atoms with Crippen molar-refractivity contribution in [1.29, 1.82) is 0 Å². The fraction of sp³-hybridized carbons (Fsp3) is 0.652. The summed E-state index contributed by atoms with van der Waals surface area (Å²) in [7, 11) is 3.83. The van der Waals surface area contributed by atoms with E-state index in [0.29, 0.717) is 13.2 Å². The zero-order chi connectivity index (χ0) is 21.8. The van der Waals surface area contributed by atoms with E-state index >= 15 is 0 Å². The number of benzene rings is 1. The normalized spacial score (nSPS) is 26.7. The number of hydrogen-bond acceptors (Lipinski definition) is 7. The van der Waals surface area contributed by atoms with Gasteiger partial charge in [-0.25, -0.2) is 5.32 Å². The molecule has 1 aromatic carbocycles. The minimum absolute atomic E-state index is 0.222. The predicted molar refractivity (Wildman–Crippen MR) is 122 cm³/mol. The highest BCUT2D eigenvalue weighted by atomic mass is 16.5. The molecular weight excluding hydrogens is 394 g/mol. The van der Waals surface area contributed by atoms with Crippen molar-refractivity contribution >= 4 is 11.3 Å². The van der Waals surface area contributed by atoms with E-state index in [0.717, 1.165) is 61.6 Å². The van der Waals surface area contributed by atoms with E-state index in [1.165, 1.54) is 16.7 Å². The molecular formula is C23H36N5O3+. The van der Waals surface area contributed by atoms with Gasteiger partial charge in [-0.1, -0.05) is 6.08 Å². The van der Waals surface area contributed by atoms with Crippen LogP contribution < -0.4 is 20.7 Å². The summed E-state index contributed by atoms with van der Waals surface area (Å²) in [6.45, 7) is 6.13. The van der Waals surface area contributed by atoms with Gasteiger partial charge in [-0.05, 0) is 51.1 Å². The van der Waals surface area contributed by atoms with Gasteiger partial charge in [-0.3, -0.25) is 5.32 Å². The lowest BCUT2D eigenvalue weighted by molar-refractivity contribution is -0.637. The molecule has 3 N–H and O–H groups in total. The smallest absolute Gasteiger partial charge is 0.335 e. The summed E-state index contributed by atoms with van der Waals surface area (Å²) in [6, 6.07) is 4.51. The van der Waals surface area contributed by atoms with Crippen LogP contribution in [-0.4, -0.2) is 75.2 Å². The Morgan fingerprint density at radius 3 is 3.06 bits per heavy atom. The molecule has 0 aromatic heterocycles. The highest BCUT2D eigenvalue weighted by Gasteiger charge is 2.41. The summed E-state index contributed by atoms with van der Waals surface area (Å²) in [5.41, 5.74) is 4.69. The van der Waals surface area contributed by atoms with E-state index in [-0.39, 0.29) is 12.2 Å². The number of allylic oxidation sites excluding steroid dienone is 1. The standard InChI is InChI=1S/C23H36N5O3/c1-16-13-21(24-8-12-30-3)28(29)23(25-16)26-19-14-18-7-11-31-22(18)20(15-19)17-5-4-9-27(2)10-6-17/h6,14-16,21,23-26H,4-5,7-13H2,1-3H3/q+1. The molecule has 3 unspecified atom stereocenters. The van der Waals surface area contributed by atoms with E-state index in [4.69, 9.17) is 9.47 Å². The molecule has 0 saturated carbocycles. The van der Waals surface area contributed by atoms with Crippen molar-refractivity contribution in [2.24, 2.45) is 0 Å². The molecule has 3 heterocycles. The molecule has 3 aliphatic heterocycles. The van der Waals surface area contributed by atoms with E-state index in [1.807, 2.05) is 0 Å². The summed E-state index contributed by atoms with van der Waals surface area (Å²) in [5.74, 6) is 1.02. The zero-order valence-corrected chi connectivity index (χ0v) is 18.9. The zero-order valence-electron chi connectivity index (χ0n) is 18.9. The van der Waals surface area contributed by atoms with Crippen molar-refractivity contribution < 1.29 is 14.2 Å². The first-order valence-electron chi connectivity index (χ1n) is 11.4. The van der Waals surface area contributed by atoms with Gasteiger partial charge in [0.25, 0.3) is 6.17 Å². The highest BCUT2D eigenvalue weighted by molar-refractivity contribution is 5.76. The SMILES string of the molecule is COCCNC1CC(C)NC(Nc2cc3c(c(C4=CCN(C)CCC4)c2)OCC3)[N+]1=O. The maximum atomic E-state index is 13.0. The maximum Gasteiger partial charge on any atom is 0.335 e. The van der Waals surface area contributed by atoms with Crippen LogP contribution in [0, 0.1) is 4.91 Å². The first kappa shape index (κ1) is 22.2. The van der Waals surface area contributed by atoms with Crippen LogP contribution in [0.4, 0.5) is 5.69 Å². The molecule has 3 atom stereocenters. The maximum absolute atomic E-state index is 13.0. The molecule has 1 fully saturated rings. The first-order valence-corrected chi connectivity index (χ1v) is 11.4. The molecule has 0 amide bonds. The molecule has 0 spiro atoms. The summed E-state index contributed by atoms with van der Waals surface area (Å²) >= 11 is 0. The minimum atomic E-state index is -0.494. The topological polar surface area (TPSA) is 77.9 Å². The van der Waals surface area contributed by atoms with Gasteiger partial charge in [0.05, 0.1) is 18.0 Å². The number of fused-ring (bicyclic) bond motifs is 1. The Morgan fingerprint density at radius 1 is 1.35 bits per heavy atom. The molecule has 170 valence electrons. The number of nitrogens with zero attached hydrogens (tertiary/aromatic N) is 2. The average Bonchev–Trinajstić information content (AvgIpc) is 3.11. The number of nitroso groups, excluding NO2 is 1. The van der Waals surface area contributed by atoms with E-state index in [9.17, 15) is 4.91 Å². The van der Waals surface area contributed by atoms with E-state index in [2.05, 4.69) is 53.0 Å². The molecule has 8 heteroatoms. The van der Waals surface area contributed by atoms with Gasteiger partial charge in [-0.15, -0.1) is 0 Å². The molecule has 0 aliphatic carbocycles. The Morgan fingerprint density at radius 2 is 2.23 bits per heavy atom. The van der Waals surface area contributed by atoms with Crippen molar-refractivity contribution in [3.8, 4) is 5.75 Å². The van der Waals surface area contributed by atoms with Crippen LogP contribution in [0.3, 0.4) is 0 Å². The summed E-state index contributed by atoms with van der Waals surface area (Å²) in [5, 5.41) is 10.2. The van der Waals surface area contributed by atoms with Crippen molar-refractivity contribution in [1.82, 2.24) is 15.5 Å². The van der Waals surface area contributed by atoms with Crippen molar-refractivity contribution in [2.45, 2.75) is 51.1 Å². The van der Waals surface area contributed by atoms with Crippen LogP contribution in [0.5, 0.6) is 5.75 Å². The molecule has 3 aliphatic rings. The van der Waals surface area contributed by atoms with Gasteiger partial charge >= 0.3 is 6.29 Å². The fourth-order valence-electron chi connectivity index (χ4n) is 4.67. The van der Waals surface area contributed by atoms with Gasteiger partial charge in [0.15, 0.2) is 0 Å². The largest absolute Gasteiger partial charge is 0.492 e. The number of likely N-dealkylation sites (N-methyl/N-ethyl adjacent to an activating group) is 1. The van der Waals surface area contributed by atoms with Crippen LogP contribution in [0.1, 0.15) is 37.3 Å². The Bertz CT molecular complexity index is 828. The van der Waals surface area contributed by atoms with Gasteiger partial charge in [0.2, 0.25) is 0 Å². The quantitative estimate of drug-likeness (QED) is 0.452. The molecule has 31 heavy (non-hydrogen) atoms. The van der Waals surface area contributed by atoms with Crippen LogP contribution in [0.2, 0.25) is 0 Å². The third kappa shape index (κ3) is 5.26. The average molecular weight is 431 g/mol. The van der Waals surface area contributed by atoms with Gasteiger partial charge in [0, 0.05) is 60.8 Å². The van der Waals surface area contributed by atoms with E-state index < -0.39 is 6.29 Å². The number of nitrogens with one attached hydrogen (secondary N) is 3. The lowest BCUT2D eigenvalue weighted by atomic mass is 9.96. The molecule has 0 radical (unpaired) electrons. The van der Waals surface area contributed by atoms with Gasteiger partial charge < -0.3 is 19.7 Å². The Kier molecular flexibility index (Phi) is 7.22. The number of rotatable bonds is 7. The molecule has 4 rings (SSSR count). The third-order valence-corrected chi connectivity index (χ3v) is 6.34. The number of ether oxygens (including phenoxy) is 2. The monoisotopic (exact) mass is 430 g/mol. The molecule has 0 bridgehead atoms. The Labute approximate surface area is 184 Å². The van der Waals surface area contributed by atoms with Crippen molar-refractivity contribution in [3.05, 3.63) is 34.2 Å². The second-order valence-electron chi connectivity index (χ2n) is 8.88. The van der Waals surface area contributed by atoms with Crippen LogP contribution >= 0.6 is 0 Å². The van der Waals surface area contributed by atoms with Crippen LogP contribution in [0.25, 0.3) is 5.57 Å². The van der Waals surface area contributed by atoms with Crippen LogP contribution in [0.15, 0.2) is 18.2 Å². The summed E-state index contributed by atoms with van der Waals surface area (Å²) < 4.78 is 12.2. The Balaban J connectivity index is 1.55. The lowest BCUT2D eigenvalue weighted by Crippen LogP contribution is -2.61. The molecule has 8 nitrogen and oxygen atoms in total. The third-order valence-electron chi connectivity index (χ3n) is 6.34. The minimum Gasteiger partial charge on any atom is -0.492 e. The number of methoxy groups -OCH3 is 1. The fourth-order valence-corrected chi connectivity index (χ4v) is 4.67. The Hall–Kier alpha value is -2.00. The van der Waals surface area contributed by atoms with Crippen LogP contribution in [-0.2, 0) is 11.2 Å². The first-order chi connectivity index (χ1) is 15.0. The van der Waals surface area contributed by atoms with Crippen molar-refractivity contribution in [3.63, 3.8) is 0 Å². The second kappa shape index (κ2) is 10.1. The second-order valence-corrected chi connectivity index (χ2v) is 8.88. The molecule has 1 aromatic rings. The highest BCUT2D eigenvalue weighted by Crippen LogP contribution is 2.39. The van der Waals surface area contributed by atoms with Crippen molar-refractivity contribution in [2.75, 3.05) is 52.3 Å². The number of hydrogen-bond donors (Lipinski definition) is 3. The van der Waals surface area contributed by atoms with Gasteiger partial charge in [0.1, 0.15) is 5.75 Å². The summed E-state index contributed by atoms with van der Waals surface area (Å²) in [4.78, 5) is 15.4. The van der Waals surface area contributed by atoms with Gasteiger partial charge in [-0.2, -0.15) is 0 Å². The van der Waals surface area contributed by atoms with E-state index in [1.54, 1.807) is 7.11 Å². The molecule has 1 saturated heterocycles. The predicted octanol–water partition coefficient (Wildman–Crippen LogP) is 2.15. The lowest BCUT2D eigenvalue weighted by Gasteiger charge is -2.28. The summed E-state index contributed by atoms with van der Waals surface area (Å²) in [6.07, 6.45) is 5.41. The number of anilines is 1.